The predicted molar refractivity (Wildman–Crippen MR) is 98.3 cm³/mol. The normalized spacial score (nSPS) is 29.9. The molecule has 0 bridgehead atoms. The summed E-state index contributed by atoms with van der Waals surface area (Å²) in [7, 11) is 1.61. The van der Waals surface area contributed by atoms with Crippen molar-refractivity contribution in [3.63, 3.8) is 0 Å². The molecule has 0 radical (unpaired) electrons. The summed E-state index contributed by atoms with van der Waals surface area (Å²) in [5, 5.41) is 20.2. The molecule has 1 aromatic rings. The van der Waals surface area contributed by atoms with E-state index in [0.29, 0.717) is 12.1 Å². The standard InChI is InChI=1S/C19H20ClNO5/c1-10-7-16-15(26-16)6-4-3-5-11(21-2)8-12-17(19(24)25-10)13(22)9-14(23)18(12)20/h3-6,9-10,15-16,22-23H,7-8H2,1-2H3/b5-3+,6-4-,21-11?/t10-,15-,16?/m1/s1. The minimum absolute atomic E-state index is 0.00109. The van der Waals surface area contributed by atoms with E-state index >= 15 is 0 Å². The van der Waals surface area contributed by atoms with Gasteiger partial charge in [-0.3, -0.25) is 4.99 Å². The summed E-state index contributed by atoms with van der Waals surface area (Å²) in [6, 6.07) is 1.04. The quantitative estimate of drug-likeness (QED) is 0.535. The molecule has 3 rings (SSSR count). The Morgan fingerprint density at radius 1 is 1.27 bits per heavy atom. The van der Waals surface area contributed by atoms with Gasteiger partial charge < -0.3 is 19.7 Å². The van der Waals surface area contributed by atoms with Crippen LogP contribution in [0.1, 0.15) is 29.3 Å². The number of hydrogen-bond acceptors (Lipinski definition) is 6. The molecule has 2 aliphatic rings. The molecule has 1 unspecified atom stereocenters. The number of rotatable bonds is 0. The van der Waals surface area contributed by atoms with Crippen molar-refractivity contribution in [1.29, 1.82) is 0 Å². The average Bonchev–Trinajstić information content (AvgIpc) is 3.31. The number of phenolic OH excluding ortho intramolecular Hbond substituents is 2. The first kappa shape index (κ1) is 18.5. The monoisotopic (exact) mass is 377 g/mol. The van der Waals surface area contributed by atoms with Crippen molar-refractivity contribution < 1.29 is 24.5 Å². The summed E-state index contributed by atoms with van der Waals surface area (Å²) >= 11 is 6.21. The molecule has 0 amide bonds. The van der Waals surface area contributed by atoms with Gasteiger partial charge in [0.25, 0.3) is 0 Å². The van der Waals surface area contributed by atoms with Gasteiger partial charge >= 0.3 is 5.97 Å². The fourth-order valence-electron chi connectivity index (χ4n) is 2.94. The second-order valence-electron chi connectivity index (χ2n) is 6.31. The summed E-state index contributed by atoms with van der Waals surface area (Å²) in [6.45, 7) is 1.77. The molecule has 2 N–H and O–H groups in total. The zero-order chi connectivity index (χ0) is 18.8. The van der Waals surface area contributed by atoms with Crippen molar-refractivity contribution >= 4 is 23.3 Å². The Balaban J connectivity index is 2.05. The number of hydrogen-bond donors (Lipinski definition) is 2. The summed E-state index contributed by atoms with van der Waals surface area (Å²) in [5.41, 5.74) is 0.831. The molecule has 2 aliphatic heterocycles. The van der Waals surface area contributed by atoms with Gasteiger partial charge in [-0.05, 0) is 18.6 Å². The Kier molecular flexibility index (Phi) is 5.34. The summed E-state index contributed by atoms with van der Waals surface area (Å²) in [6.07, 6.45) is 7.73. The van der Waals surface area contributed by atoms with Crippen molar-refractivity contribution in [3.05, 3.63) is 46.5 Å². The molecule has 7 heteroatoms. The number of cyclic esters (lactones) is 1. The third-order valence-corrected chi connectivity index (χ3v) is 4.79. The molecule has 0 spiro atoms. The topological polar surface area (TPSA) is 91.7 Å². The second-order valence-corrected chi connectivity index (χ2v) is 6.69. The van der Waals surface area contributed by atoms with Crippen molar-refractivity contribution in [2.45, 2.75) is 38.1 Å². The maximum Gasteiger partial charge on any atom is 0.342 e. The fourth-order valence-corrected chi connectivity index (χ4v) is 3.16. The number of aliphatic imine (C=N–C) groups is 1. The molecule has 6 nitrogen and oxygen atoms in total. The highest BCUT2D eigenvalue weighted by Gasteiger charge is 2.38. The Morgan fingerprint density at radius 3 is 2.77 bits per heavy atom. The number of benzene rings is 1. The number of carbonyl (C=O) groups excluding carboxylic acids is 1. The molecule has 26 heavy (non-hydrogen) atoms. The van der Waals surface area contributed by atoms with Gasteiger partial charge in [-0.25, -0.2) is 4.79 Å². The second kappa shape index (κ2) is 7.51. The lowest BCUT2D eigenvalue weighted by molar-refractivity contribution is 0.0306. The molecule has 0 aliphatic carbocycles. The van der Waals surface area contributed by atoms with Crippen molar-refractivity contribution in [1.82, 2.24) is 0 Å². The smallest absolute Gasteiger partial charge is 0.342 e. The van der Waals surface area contributed by atoms with Crippen molar-refractivity contribution in [2.24, 2.45) is 4.99 Å². The van der Waals surface area contributed by atoms with E-state index < -0.39 is 12.1 Å². The van der Waals surface area contributed by atoms with Crippen molar-refractivity contribution in [2.75, 3.05) is 7.05 Å². The molecular formula is C19H20ClNO5. The third-order valence-electron chi connectivity index (χ3n) is 4.37. The van der Waals surface area contributed by atoms with Gasteiger partial charge in [-0.15, -0.1) is 0 Å². The van der Waals surface area contributed by atoms with Crippen LogP contribution in [0.15, 0.2) is 35.4 Å². The zero-order valence-corrected chi connectivity index (χ0v) is 15.2. The van der Waals surface area contributed by atoms with Crippen LogP contribution in [0.2, 0.25) is 5.02 Å². The van der Waals surface area contributed by atoms with Gasteiger partial charge in [0.2, 0.25) is 0 Å². The molecule has 1 fully saturated rings. The van der Waals surface area contributed by atoms with E-state index in [1.807, 2.05) is 18.2 Å². The van der Waals surface area contributed by atoms with E-state index in [4.69, 9.17) is 21.1 Å². The van der Waals surface area contributed by atoms with Gasteiger partial charge in [0.1, 0.15) is 29.3 Å². The Labute approximate surface area is 156 Å². The van der Waals surface area contributed by atoms with E-state index in [1.54, 1.807) is 20.0 Å². The molecule has 0 saturated carbocycles. The number of ether oxygens (including phenoxy) is 2. The van der Waals surface area contributed by atoms with Crippen LogP contribution in [-0.4, -0.2) is 47.3 Å². The van der Waals surface area contributed by atoms with Gasteiger partial charge in [-0.1, -0.05) is 29.8 Å². The van der Waals surface area contributed by atoms with Gasteiger partial charge in [0.15, 0.2) is 0 Å². The first-order chi connectivity index (χ1) is 12.4. The highest BCUT2D eigenvalue weighted by Crippen LogP contribution is 2.37. The number of phenols is 2. The molecular weight excluding hydrogens is 358 g/mol. The van der Waals surface area contributed by atoms with Crippen LogP contribution in [0, 0.1) is 0 Å². The van der Waals surface area contributed by atoms with E-state index in [9.17, 15) is 15.0 Å². The zero-order valence-electron chi connectivity index (χ0n) is 14.5. The molecule has 0 aromatic heterocycles. The van der Waals surface area contributed by atoms with Crippen LogP contribution in [0.25, 0.3) is 0 Å². The maximum atomic E-state index is 12.7. The average molecular weight is 378 g/mol. The number of allylic oxidation sites excluding steroid dienone is 3. The highest BCUT2D eigenvalue weighted by molar-refractivity contribution is 6.33. The SMILES string of the molecule is CN=C1/C=C/C=C\[C@H]2OC2C[C@@H](C)OC(=O)c2c(O)cc(O)c(Cl)c2C1. The first-order valence-corrected chi connectivity index (χ1v) is 8.68. The Morgan fingerprint density at radius 2 is 2.04 bits per heavy atom. The van der Waals surface area contributed by atoms with E-state index in [1.165, 1.54) is 0 Å². The van der Waals surface area contributed by atoms with Crippen LogP contribution < -0.4 is 0 Å². The summed E-state index contributed by atoms with van der Waals surface area (Å²) in [5.74, 6) is -1.39. The Bertz CT molecular complexity index is 815. The van der Waals surface area contributed by atoms with Crippen LogP contribution in [0.3, 0.4) is 0 Å². The van der Waals surface area contributed by atoms with E-state index in [0.717, 1.165) is 6.07 Å². The van der Waals surface area contributed by atoms with E-state index in [2.05, 4.69) is 4.99 Å². The minimum atomic E-state index is -0.698. The number of halogens is 1. The lowest BCUT2D eigenvalue weighted by Gasteiger charge is -2.17. The number of epoxide rings is 1. The van der Waals surface area contributed by atoms with Gasteiger partial charge in [-0.2, -0.15) is 0 Å². The van der Waals surface area contributed by atoms with Gasteiger partial charge in [0.05, 0.1) is 11.1 Å². The molecule has 138 valence electrons. The summed E-state index contributed by atoms with van der Waals surface area (Å²) < 4.78 is 11.0. The Hall–Kier alpha value is -2.31. The third kappa shape index (κ3) is 3.92. The van der Waals surface area contributed by atoms with Crippen LogP contribution in [0.4, 0.5) is 0 Å². The lowest BCUT2D eigenvalue weighted by Crippen LogP contribution is -2.19. The molecule has 2 heterocycles. The number of fused-ring (bicyclic) bond motifs is 2. The molecule has 1 aromatic carbocycles. The lowest BCUT2D eigenvalue weighted by atomic mass is 9.99. The minimum Gasteiger partial charge on any atom is -0.507 e. The maximum absolute atomic E-state index is 12.7. The fraction of sp³-hybridized carbons (Fsp3) is 0.368. The first-order valence-electron chi connectivity index (χ1n) is 8.31. The van der Waals surface area contributed by atoms with Crippen LogP contribution >= 0.6 is 11.6 Å². The summed E-state index contributed by atoms with van der Waals surface area (Å²) in [4.78, 5) is 16.8. The largest absolute Gasteiger partial charge is 0.507 e. The van der Waals surface area contributed by atoms with Crippen molar-refractivity contribution in [3.8, 4) is 11.5 Å². The molecule has 1 saturated heterocycles. The van der Waals surface area contributed by atoms with Gasteiger partial charge in [0, 0.05) is 31.7 Å². The predicted octanol–water partition coefficient (Wildman–Crippen LogP) is 3.19. The van der Waals surface area contributed by atoms with E-state index in [-0.39, 0.29) is 46.3 Å². The van der Waals surface area contributed by atoms with Crippen LogP contribution in [0.5, 0.6) is 11.5 Å². The van der Waals surface area contributed by atoms with Crippen LogP contribution in [-0.2, 0) is 15.9 Å². The molecule has 3 atom stereocenters. The number of nitrogens with zero attached hydrogens (tertiary/aromatic N) is 1. The number of aromatic hydroxyl groups is 2. The number of esters is 1. The number of carbonyl (C=O) groups is 1. The highest BCUT2D eigenvalue weighted by atomic mass is 35.5.